The summed E-state index contributed by atoms with van der Waals surface area (Å²) in [5.74, 6) is 6.06. The molecular formula is C23H23NO3. The van der Waals surface area contributed by atoms with E-state index in [-0.39, 0.29) is 11.8 Å². The molecule has 27 heavy (non-hydrogen) atoms. The second kappa shape index (κ2) is 9.40. The molecular weight excluding hydrogens is 338 g/mol. The van der Waals surface area contributed by atoms with E-state index in [1.54, 1.807) is 25.1 Å². The third kappa shape index (κ3) is 6.16. The molecule has 2 aromatic rings. The standard InChI is InChI=1S/C23H23NO3/c1-5-17(4)22(25)24-20-13-11-18(12-14-20)9-10-19-7-6-8-21(15-19)27-23(26)16(2)3/h6-8,11-15,17H,2,5H2,1,3-4H3,(H,24,25). The summed E-state index contributed by atoms with van der Waals surface area (Å²) in [6.45, 7) is 9.04. The van der Waals surface area contributed by atoms with Crippen molar-refractivity contribution in [1.82, 2.24) is 0 Å². The lowest BCUT2D eigenvalue weighted by atomic mass is 10.1. The lowest BCUT2D eigenvalue weighted by Gasteiger charge is -2.09. The molecule has 0 aliphatic heterocycles. The molecule has 1 N–H and O–H groups in total. The fourth-order valence-electron chi connectivity index (χ4n) is 2.06. The molecule has 2 rings (SSSR count). The van der Waals surface area contributed by atoms with E-state index in [2.05, 4.69) is 23.7 Å². The van der Waals surface area contributed by atoms with Crippen molar-refractivity contribution in [2.75, 3.05) is 5.32 Å². The lowest BCUT2D eigenvalue weighted by molar-refractivity contribution is -0.130. The molecule has 0 aliphatic carbocycles. The van der Waals surface area contributed by atoms with Crippen molar-refractivity contribution in [2.24, 2.45) is 5.92 Å². The molecule has 4 heteroatoms. The first kappa shape index (κ1) is 20.0. The Labute approximate surface area is 160 Å². The van der Waals surface area contributed by atoms with E-state index < -0.39 is 5.97 Å². The summed E-state index contributed by atoms with van der Waals surface area (Å²) in [6, 6.07) is 14.4. The maximum atomic E-state index is 11.9. The van der Waals surface area contributed by atoms with Crippen LogP contribution in [0, 0.1) is 17.8 Å². The van der Waals surface area contributed by atoms with E-state index in [1.807, 2.05) is 44.2 Å². The molecule has 1 amide bonds. The molecule has 0 heterocycles. The predicted molar refractivity (Wildman–Crippen MR) is 107 cm³/mol. The van der Waals surface area contributed by atoms with Gasteiger partial charge in [0, 0.05) is 28.3 Å². The van der Waals surface area contributed by atoms with Crippen molar-refractivity contribution in [3.63, 3.8) is 0 Å². The van der Waals surface area contributed by atoms with Gasteiger partial charge < -0.3 is 10.1 Å². The number of nitrogens with one attached hydrogen (secondary N) is 1. The number of rotatable bonds is 5. The average Bonchev–Trinajstić information content (AvgIpc) is 2.67. The molecule has 0 saturated carbocycles. The number of hydrogen-bond acceptors (Lipinski definition) is 3. The maximum Gasteiger partial charge on any atom is 0.338 e. The first-order valence-corrected chi connectivity index (χ1v) is 8.79. The quantitative estimate of drug-likeness (QED) is 0.368. The Bertz CT molecular complexity index is 901. The van der Waals surface area contributed by atoms with E-state index in [9.17, 15) is 9.59 Å². The largest absolute Gasteiger partial charge is 0.423 e. The number of anilines is 1. The van der Waals surface area contributed by atoms with Crippen LogP contribution in [0.15, 0.2) is 60.7 Å². The highest BCUT2D eigenvalue weighted by atomic mass is 16.5. The van der Waals surface area contributed by atoms with Gasteiger partial charge in [0.1, 0.15) is 5.75 Å². The van der Waals surface area contributed by atoms with Gasteiger partial charge >= 0.3 is 5.97 Å². The Morgan fingerprint density at radius 1 is 1.11 bits per heavy atom. The summed E-state index contributed by atoms with van der Waals surface area (Å²) in [6.07, 6.45) is 0.802. The zero-order chi connectivity index (χ0) is 19.8. The third-order valence-electron chi connectivity index (χ3n) is 3.96. The number of carbonyl (C=O) groups is 2. The molecule has 0 bridgehead atoms. The molecule has 0 radical (unpaired) electrons. The predicted octanol–water partition coefficient (Wildman–Crippen LogP) is 4.55. The molecule has 1 unspecified atom stereocenters. The number of esters is 1. The van der Waals surface area contributed by atoms with E-state index in [0.29, 0.717) is 11.3 Å². The highest BCUT2D eigenvalue weighted by Crippen LogP contribution is 2.15. The van der Waals surface area contributed by atoms with E-state index in [1.165, 1.54) is 0 Å². The molecule has 138 valence electrons. The number of amides is 1. The smallest absolute Gasteiger partial charge is 0.338 e. The average molecular weight is 361 g/mol. The van der Waals surface area contributed by atoms with Crippen LogP contribution in [0.5, 0.6) is 5.75 Å². The highest BCUT2D eigenvalue weighted by molar-refractivity contribution is 5.92. The van der Waals surface area contributed by atoms with Crippen LogP contribution in [-0.2, 0) is 9.59 Å². The summed E-state index contributed by atoms with van der Waals surface area (Å²) in [4.78, 5) is 23.5. The molecule has 0 aliphatic rings. The van der Waals surface area contributed by atoms with Gasteiger partial charge in [-0.3, -0.25) is 4.79 Å². The molecule has 0 saturated heterocycles. The van der Waals surface area contributed by atoms with Crippen LogP contribution in [-0.4, -0.2) is 11.9 Å². The molecule has 4 nitrogen and oxygen atoms in total. The minimum Gasteiger partial charge on any atom is -0.423 e. The SMILES string of the molecule is C=C(C)C(=O)Oc1cccc(C#Cc2ccc(NC(=O)C(C)CC)cc2)c1. The molecule has 0 fully saturated rings. The van der Waals surface area contributed by atoms with Gasteiger partial charge in [-0.2, -0.15) is 0 Å². The fourth-order valence-corrected chi connectivity index (χ4v) is 2.06. The van der Waals surface area contributed by atoms with Gasteiger partial charge in [-0.05, 0) is 55.8 Å². The lowest BCUT2D eigenvalue weighted by Crippen LogP contribution is -2.19. The monoisotopic (exact) mass is 361 g/mol. The zero-order valence-electron chi connectivity index (χ0n) is 15.8. The van der Waals surface area contributed by atoms with Gasteiger partial charge in [-0.25, -0.2) is 4.79 Å². The Morgan fingerprint density at radius 2 is 1.78 bits per heavy atom. The van der Waals surface area contributed by atoms with Gasteiger partial charge in [0.15, 0.2) is 0 Å². The zero-order valence-corrected chi connectivity index (χ0v) is 15.8. The van der Waals surface area contributed by atoms with Crippen LogP contribution in [0.25, 0.3) is 0 Å². The molecule has 0 spiro atoms. The van der Waals surface area contributed by atoms with E-state index in [4.69, 9.17) is 4.74 Å². The first-order chi connectivity index (χ1) is 12.9. The molecule has 1 atom stereocenters. The van der Waals surface area contributed by atoms with Crippen LogP contribution < -0.4 is 10.1 Å². The van der Waals surface area contributed by atoms with Crippen molar-refractivity contribution in [3.8, 4) is 17.6 Å². The minimum absolute atomic E-state index is 0.0115. The second-order valence-electron chi connectivity index (χ2n) is 6.32. The van der Waals surface area contributed by atoms with Crippen LogP contribution in [0.3, 0.4) is 0 Å². The van der Waals surface area contributed by atoms with Crippen molar-refractivity contribution in [2.45, 2.75) is 27.2 Å². The van der Waals surface area contributed by atoms with Crippen LogP contribution in [0.1, 0.15) is 38.3 Å². The first-order valence-electron chi connectivity index (χ1n) is 8.79. The van der Waals surface area contributed by atoms with Crippen molar-refractivity contribution in [1.29, 1.82) is 0 Å². The summed E-state index contributed by atoms with van der Waals surface area (Å²) in [5, 5.41) is 2.89. The Balaban J connectivity index is 2.06. The number of carbonyl (C=O) groups excluding carboxylic acids is 2. The summed E-state index contributed by atoms with van der Waals surface area (Å²) in [7, 11) is 0. The van der Waals surface area contributed by atoms with Crippen molar-refractivity contribution in [3.05, 3.63) is 71.8 Å². The van der Waals surface area contributed by atoms with E-state index in [0.717, 1.165) is 23.2 Å². The number of ether oxygens (including phenoxy) is 1. The minimum atomic E-state index is -0.463. The Kier molecular flexibility index (Phi) is 6.96. The van der Waals surface area contributed by atoms with Gasteiger partial charge in [-0.15, -0.1) is 0 Å². The normalized spacial score (nSPS) is 10.9. The Hall–Kier alpha value is -3.32. The highest BCUT2D eigenvalue weighted by Gasteiger charge is 2.10. The summed E-state index contributed by atoms with van der Waals surface area (Å²) >= 11 is 0. The van der Waals surface area contributed by atoms with Crippen LogP contribution in [0.2, 0.25) is 0 Å². The fraction of sp³-hybridized carbons (Fsp3) is 0.217. The number of hydrogen-bond donors (Lipinski definition) is 1. The van der Waals surface area contributed by atoms with Gasteiger partial charge in [0.05, 0.1) is 0 Å². The maximum absolute atomic E-state index is 11.9. The second-order valence-corrected chi connectivity index (χ2v) is 6.32. The molecule has 2 aromatic carbocycles. The molecule has 0 aromatic heterocycles. The van der Waals surface area contributed by atoms with Gasteiger partial charge in [0.25, 0.3) is 0 Å². The number of benzene rings is 2. The topological polar surface area (TPSA) is 55.4 Å². The third-order valence-corrected chi connectivity index (χ3v) is 3.96. The van der Waals surface area contributed by atoms with Gasteiger partial charge in [-0.1, -0.05) is 38.3 Å². The van der Waals surface area contributed by atoms with Gasteiger partial charge in [0.2, 0.25) is 5.91 Å². The van der Waals surface area contributed by atoms with Crippen LogP contribution in [0.4, 0.5) is 5.69 Å². The van der Waals surface area contributed by atoms with E-state index >= 15 is 0 Å². The summed E-state index contributed by atoms with van der Waals surface area (Å²) in [5.41, 5.74) is 2.64. The van der Waals surface area contributed by atoms with Crippen LogP contribution >= 0.6 is 0 Å². The van der Waals surface area contributed by atoms with Crippen molar-refractivity contribution < 1.29 is 14.3 Å². The Morgan fingerprint density at radius 3 is 2.41 bits per heavy atom. The summed E-state index contributed by atoms with van der Waals surface area (Å²) < 4.78 is 5.20. The van der Waals surface area contributed by atoms with Crippen molar-refractivity contribution >= 4 is 17.6 Å².